The van der Waals surface area contributed by atoms with Crippen molar-refractivity contribution < 1.29 is 9.18 Å². The van der Waals surface area contributed by atoms with Crippen molar-refractivity contribution in [3.05, 3.63) is 47.1 Å². The summed E-state index contributed by atoms with van der Waals surface area (Å²) in [4.78, 5) is 13.6. The lowest BCUT2D eigenvalue weighted by atomic mass is 10.1. The highest BCUT2D eigenvalue weighted by molar-refractivity contribution is 7.17. The zero-order valence-electron chi connectivity index (χ0n) is 12.9. The second kappa shape index (κ2) is 7.31. The van der Waals surface area contributed by atoms with E-state index >= 15 is 0 Å². The summed E-state index contributed by atoms with van der Waals surface area (Å²) in [5.74, 6) is -0.146. The van der Waals surface area contributed by atoms with Gasteiger partial charge in [0.2, 0.25) is 0 Å². The summed E-state index contributed by atoms with van der Waals surface area (Å²) >= 11 is 1.36. The summed E-state index contributed by atoms with van der Waals surface area (Å²) in [6.45, 7) is 6.06. The van der Waals surface area contributed by atoms with Crippen LogP contribution in [0.5, 0.6) is 0 Å². The van der Waals surface area contributed by atoms with Gasteiger partial charge in [-0.05, 0) is 49.1 Å². The van der Waals surface area contributed by atoms with Gasteiger partial charge in [0.1, 0.15) is 5.82 Å². The summed E-state index contributed by atoms with van der Waals surface area (Å²) < 4.78 is 12.9. The standard InChI is InChI=1S/C17H19FN2OS/c1-4-11(2)12(3)19-20-17(21)16-10-9-15(22-16)13-5-7-14(18)8-6-13/h5-11H,4H2,1-3H3,(H,20,21)/b19-12-/t11-/m1/s1. The van der Waals surface area contributed by atoms with Crippen molar-refractivity contribution in [2.75, 3.05) is 0 Å². The monoisotopic (exact) mass is 318 g/mol. The molecule has 1 heterocycles. The second-order valence-corrected chi connectivity index (χ2v) is 6.26. The third-order valence-electron chi connectivity index (χ3n) is 3.62. The zero-order valence-corrected chi connectivity index (χ0v) is 13.7. The molecular weight excluding hydrogens is 299 g/mol. The van der Waals surface area contributed by atoms with Crippen molar-refractivity contribution >= 4 is 23.0 Å². The molecule has 0 saturated carbocycles. The van der Waals surface area contributed by atoms with Crippen LogP contribution in [0.4, 0.5) is 4.39 Å². The van der Waals surface area contributed by atoms with Crippen molar-refractivity contribution in [2.24, 2.45) is 11.0 Å². The van der Waals surface area contributed by atoms with E-state index in [-0.39, 0.29) is 11.7 Å². The van der Waals surface area contributed by atoms with E-state index in [1.54, 1.807) is 18.2 Å². The van der Waals surface area contributed by atoms with Crippen LogP contribution in [0.1, 0.15) is 36.9 Å². The van der Waals surface area contributed by atoms with Gasteiger partial charge in [-0.3, -0.25) is 4.79 Å². The summed E-state index contributed by atoms with van der Waals surface area (Å²) in [6.07, 6.45) is 0.985. The fourth-order valence-corrected chi connectivity index (χ4v) is 2.73. The number of hydrogen-bond donors (Lipinski definition) is 1. The Morgan fingerprint density at radius 1 is 1.27 bits per heavy atom. The van der Waals surface area contributed by atoms with Crippen LogP contribution in [-0.2, 0) is 0 Å². The predicted molar refractivity (Wildman–Crippen MR) is 89.7 cm³/mol. The van der Waals surface area contributed by atoms with Crippen LogP contribution in [0, 0.1) is 11.7 Å². The summed E-state index contributed by atoms with van der Waals surface area (Å²) in [6, 6.07) is 9.84. The zero-order chi connectivity index (χ0) is 16.1. The van der Waals surface area contributed by atoms with Crippen LogP contribution in [0.15, 0.2) is 41.5 Å². The SMILES string of the molecule is CC[C@@H](C)/C(C)=N\NC(=O)c1ccc(-c2ccc(F)cc2)s1. The molecule has 0 aliphatic heterocycles. The molecule has 2 rings (SSSR count). The van der Waals surface area contributed by atoms with E-state index in [0.29, 0.717) is 10.8 Å². The quantitative estimate of drug-likeness (QED) is 0.630. The van der Waals surface area contributed by atoms with Crippen LogP contribution in [0.3, 0.4) is 0 Å². The number of nitrogens with one attached hydrogen (secondary N) is 1. The normalized spacial score (nSPS) is 13.0. The van der Waals surface area contributed by atoms with Crippen LogP contribution < -0.4 is 5.43 Å². The van der Waals surface area contributed by atoms with E-state index in [1.807, 2.05) is 13.0 Å². The van der Waals surface area contributed by atoms with Crippen LogP contribution in [0.25, 0.3) is 10.4 Å². The molecule has 1 N–H and O–H groups in total. The van der Waals surface area contributed by atoms with Gasteiger partial charge < -0.3 is 0 Å². The number of rotatable bonds is 5. The molecule has 22 heavy (non-hydrogen) atoms. The number of hydrogen-bond acceptors (Lipinski definition) is 3. The van der Waals surface area contributed by atoms with Crippen molar-refractivity contribution in [1.29, 1.82) is 0 Å². The van der Waals surface area contributed by atoms with E-state index in [2.05, 4.69) is 24.4 Å². The molecule has 1 aromatic heterocycles. The molecule has 1 aromatic carbocycles. The van der Waals surface area contributed by atoms with Gasteiger partial charge in [0, 0.05) is 10.6 Å². The Balaban J connectivity index is 2.08. The summed E-state index contributed by atoms with van der Waals surface area (Å²) in [5.41, 5.74) is 4.39. The smallest absolute Gasteiger partial charge is 0.266 e. The van der Waals surface area contributed by atoms with Gasteiger partial charge in [-0.15, -0.1) is 11.3 Å². The van der Waals surface area contributed by atoms with Gasteiger partial charge >= 0.3 is 0 Å². The highest BCUT2D eigenvalue weighted by Gasteiger charge is 2.10. The molecule has 1 atom stereocenters. The highest BCUT2D eigenvalue weighted by atomic mass is 32.1. The Morgan fingerprint density at radius 2 is 1.95 bits per heavy atom. The van der Waals surface area contributed by atoms with Gasteiger partial charge in [0.15, 0.2) is 0 Å². The average molecular weight is 318 g/mol. The highest BCUT2D eigenvalue weighted by Crippen LogP contribution is 2.28. The van der Waals surface area contributed by atoms with Crippen LogP contribution in [-0.4, -0.2) is 11.6 Å². The Bertz CT molecular complexity index is 676. The van der Waals surface area contributed by atoms with Crippen molar-refractivity contribution in [1.82, 2.24) is 5.43 Å². The average Bonchev–Trinajstić information content (AvgIpc) is 3.02. The number of thiophene rings is 1. The van der Waals surface area contributed by atoms with Crippen LogP contribution >= 0.6 is 11.3 Å². The second-order valence-electron chi connectivity index (χ2n) is 5.17. The summed E-state index contributed by atoms with van der Waals surface area (Å²) in [7, 11) is 0. The number of benzene rings is 1. The Hall–Kier alpha value is -2.01. The molecule has 5 heteroatoms. The molecule has 3 nitrogen and oxygen atoms in total. The molecule has 0 bridgehead atoms. The molecule has 0 radical (unpaired) electrons. The number of carbonyl (C=O) groups is 1. The molecule has 116 valence electrons. The molecule has 0 aliphatic rings. The maximum Gasteiger partial charge on any atom is 0.281 e. The van der Waals surface area contributed by atoms with Crippen molar-refractivity contribution in [3.63, 3.8) is 0 Å². The largest absolute Gasteiger partial charge is 0.281 e. The first-order chi connectivity index (χ1) is 10.5. The number of hydrazone groups is 1. The van der Waals surface area contributed by atoms with E-state index in [9.17, 15) is 9.18 Å². The van der Waals surface area contributed by atoms with Crippen LogP contribution in [0.2, 0.25) is 0 Å². The molecule has 0 spiro atoms. The minimum atomic E-state index is -0.270. The summed E-state index contributed by atoms with van der Waals surface area (Å²) in [5, 5.41) is 4.14. The Morgan fingerprint density at radius 3 is 2.59 bits per heavy atom. The third kappa shape index (κ3) is 4.01. The minimum Gasteiger partial charge on any atom is -0.266 e. The first-order valence-corrected chi connectivity index (χ1v) is 8.03. The fraction of sp³-hybridized carbons (Fsp3) is 0.294. The Labute approximate surface area is 133 Å². The molecule has 0 aliphatic carbocycles. The number of amides is 1. The fourth-order valence-electron chi connectivity index (χ4n) is 1.83. The topological polar surface area (TPSA) is 41.5 Å². The number of halogens is 1. The molecule has 0 saturated heterocycles. The van der Waals surface area contributed by atoms with E-state index in [0.717, 1.165) is 22.6 Å². The molecule has 0 unspecified atom stereocenters. The maximum atomic E-state index is 12.9. The predicted octanol–water partition coefficient (Wildman–Crippen LogP) is 4.71. The molecular formula is C17H19FN2OS. The maximum absolute atomic E-state index is 12.9. The first-order valence-electron chi connectivity index (χ1n) is 7.21. The lowest BCUT2D eigenvalue weighted by Crippen LogP contribution is -2.20. The minimum absolute atomic E-state index is 0.221. The van der Waals surface area contributed by atoms with Crippen molar-refractivity contribution in [3.8, 4) is 10.4 Å². The number of carbonyl (C=O) groups excluding carboxylic acids is 1. The first kappa shape index (κ1) is 16.4. The Kier molecular flexibility index (Phi) is 5.44. The van der Waals surface area contributed by atoms with E-state index in [1.165, 1.54) is 23.5 Å². The number of nitrogens with zero attached hydrogens (tertiary/aromatic N) is 1. The van der Waals surface area contributed by atoms with Crippen molar-refractivity contribution in [2.45, 2.75) is 27.2 Å². The van der Waals surface area contributed by atoms with E-state index in [4.69, 9.17) is 0 Å². The lowest BCUT2D eigenvalue weighted by molar-refractivity contribution is 0.0958. The lowest BCUT2D eigenvalue weighted by Gasteiger charge is -2.07. The van der Waals surface area contributed by atoms with Gasteiger partial charge in [-0.2, -0.15) is 5.10 Å². The van der Waals surface area contributed by atoms with E-state index < -0.39 is 0 Å². The van der Waals surface area contributed by atoms with Gasteiger partial charge in [-0.25, -0.2) is 9.82 Å². The van der Waals surface area contributed by atoms with Gasteiger partial charge in [-0.1, -0.05) is 26.0 Å². The molecule has 1 amide bonds. The molecule has 0 fully saturated rings. The third-order valence-corrected chi connectivity index (χ3v) is 4.75. The van der Waals surface area contributed by atoms with Gasteiger partial charge in [0.05, 0.1) is 4.88 Å². The molecule has 2 aromatic rings. The van der Waals surface area contributed by atoms with Gasteiger partial charge in [0.25, 0.3) is 5.91 Å².